The first kappa shape index (κ1) is 15.0. The summed E-state index contributed by atoms with van der Waals surface area (Å²) in [5.41, 5.74) is 1.02. The Bertz CT molecular complexity index is 416. The number of morpholine rings is 1. The Hall–Kier alpha value is -0.900. The Morgan fingerprint density at radius 3 is 2.71 bits per heavy atom. The van der Waals surface area contributed by atoms with Gasteiger partial charge in [-0.25, -0.2) is 0 Å². The van der Waals surface area contributed by atoms with E-state index in [0.717, 1.165) is 37.7 Å². The summed E-state index contributed by atoms with van der Waals surface area (Å²) in [5.74, 6) is 0.861. The molecular formula is C18H27NO2. The van der Waals surface area contributed by atoms with Crippen LogP contribution in [0, 0.1) is 5.92 Å². The summed E-state index contributed by atoms with van der Waals surface area (Å²) in [7, 11) is 0. The molecule has 1 aromatic rings. The average Bonchev–Trinajstić information content (AvgIpc) is 3.03. The largest absolute Gasteiger partial charge is 0.388 e. The van der Waals surface area contributed by atoms with Crippen LogP contribution in [-0.4, -0.2) is 42.4 Å². The minimum atomic E-state index is -0.385. The summed E-state index contributed by atoms with van der Waals surface area (Å²) in [6.07, 6.45) is 5.94. The van der Waals surface area contributed by atoms with Crippen LogP contribution in [0.15, 0.2) is 30.3 Å². The quantitative estimate of drug-likeness (QED) is 0.904. The summed E-state index contributed by atoms with van der Waals surface area (Å²) in [4.78, 5) is 2.56. The molecule has 1 N–H and O–H groups in total. The molecule has 3 rings (SSSR count). The molecule has 0 aromatic heterocycles. The third-order valence-corrected chi connectivity index (χ3v) is 5.00. The highest BCUT2D eigenvalue weighted by Crippen LogP contribution is 2.28. The Morgan fingerprint density at radius 1 is 1.19 bits per heavy atom. The van der Waals surface area contributed by atoms with E-state index >= 15 is 0 Å². The molecule has 1 saturated carbocycles. The maximum Gasteiger partial charge on any atom is 0.0805 e. The fourth-order valence-electron chi connectivity index (χ4n) is 3.74. The van der Waals surface area contributed by atoms with Crippen LogP contribution in [0.5, 0.6) is 0 Å². The molecule has 2 aliphatic rings. The van der Waals surface area contributed by atoms with Gasteiger partial charge >= 0.3 is 0 Å². The summed E-state index contributed by atoms with van der Waals surface area (Å²) in [5, 5.41) is 10.5. The van der Waals surface area contributed by atoms with Crippen LogP contribution in [0.3, 0.4) is 0 Å². The van der Waals surface area contributed by atoms with Crippen LogP contribution in [0.2, 0.25) is 0 Å². The number of benzene rings is 1. The second kappa shape index (κ2) is 7.39. The predicted molar refractivity (Wildman–Crippen MR) is 84.2 cm³/mol. The van der Waals surface area contributed by atoms with Gasteiger partial charge in [-0.2, -0.15) is 0 Å². The van der Waals surface area contributed by atoms with E-state index in [1.165, 1.54) is 32.2 Å². The number of rotatable bonds is 5. The molecule has 0 amide bonds. The van der Waals surface area contributed by atoms with Crippen molar-refractivity contribution < 1.29 is 9.84 Å². The van der Waals surface area contributed by atoms with Crippen LogP contribution in [0.25, 0.3) is 0 Å². The first-order valence-corrected chi connectivity index (χ1v) is 8.38. The number of nitrogens with zero attached hydrogens (tertiary/aromatic N) is 1. The Balaban J connectivity index is 1.58. The molecule has 116 valence electrons. The Morgan fingerprint density at radius 2 is 1.95 bits per heavy atom. The molecule has 2 unspecified atom stereocenters. The topological polar surface area (TPSA) is 32.7 Å². The Labute approximate surface area is 127 Å². The molecule has 0 radical (unpaired) electrons. The van der Waals surface area contributed by atoms with Crippen LogP contribution < -0.4 is 0 Å². The van der Waals surface area contributed by atoms with Crippen LogP contribution in [0.4, 0.5) is 0 Å². The minimum Gasteiger partial charge on any atom is -0.388 e. The van der Waals surface area contributed by atoms with Crippen molar-refractivity contribution in [3.8, 4) is 0 Å². The highest BCUT2D eigenvalue weighted by Gasteiger charge is 2.28. The van der Waals surface area contributed by atoms with Gasteiger partial charge in [0, 0.05) is 19.1 Å². The molecule has 1 aliphatic carbocycles. The monoisotopic (exact) mass is 289 g/mol. The molecule has 1 aliphatic heterocycles. The zero-order chi connectivity index (χ0) is 14.5. The molecule has 2 atom stereocenters. The molecule has 1 aromatic carbocycles. The second-order valence-corrected chi connectivity index (χ2v) is 6.54. The van der Waals surface area contributed by atoms with Gasteiger partial charge in [0.15, 0.2) is 0 Å². The van der Waals surface area contributed by atoms with Crippen molar-refractivity contribution in [1.82, 2.24) is 4.90 Å². The van der Waals surface area contributed by atoms with Gasteiger partial charge in [-0.1, -0.05) is 43.2 Å². The van der Waals surface area contributed by atoms with E-state index < -0.39 is 0 Å². The summed E-state index contributed by atoms with van der Waals surface area (Å²) in [6, 6.07) is 10.4. The van der Waals surface area contributed by atoms with E-state index in [2.05, 4.69) is 4.90 Å². The van der Waals surface area contributed by atoms with Crippen molar-refractivity contribution in [1.29, 1.82) is 0 Å². The number of aliphatic hydroxyl groups is 1. The maximum absolute atomic E-state index is 10.5. The van der Waals surface area contributed by atoms with Gasteiger partial charge in [-0.3, -0.25) is 4.90 Å². The van der Waals surface area contributed by atoms with Gasteiger partial charge < -0.3 is 9.84 Å². The first-order chi connectivity index (χ1) is 10.3. The highest BCUT2D eigenvalue weighted by molar-refractivity contribution is 5.17. The third kappa shape index (κ3) is 4.06. The van der Waals surface area contributed by atoms with Gasteiger partial charge in [-0.15, -0.1) is 0 Å². The molecule has 0 spiro atoms. The van der Waals surface area contributed by atoms with Gasteiger partial charge in [0.25, 0.3) is 0 Å². The number of ether oxygens (including phenoxy) is 1. The molecular weight excluding hydrogens is 262 g/mol. The maximum atomic E-state index is 10.5. The van der Waals surface area contributed by atoms with Crippen molar-refractivity contribution in [3.05, 3.63) is 35.9 Å². The summed E-state index contributed by atoms with van der Waals surface area (Å²) < 4.78 is 5.66. The molecule has 3 nitrogen and oxygen atoms in total. The Kier molecular flexibility index (Phi) is 5.28. The van der Waals surface area contributed by atoms with E-state index in [1.54, 1.807) is 0 Å². The zero-order valence-corrected chi connectivity index (χ0v) is 12.8. The molecule has 0 bridgehead atoms. The fraction of sp³-hybridized carbons (Fsp3) is 0.667. The molecule has 21 heavy (non-hydrogen) atoms. The molecule has 3 heteroatoms. The highest BCUT2D eigenvalue weighted by atomic mass is 16.5. The SMILES string of the molecule is OC(CC1COCCN1CC1CCCC1)c1ccccc1. The van der Waals surface area contributed by atoms with E-state index in [-0.39, 0.29) is 6.10 Å². The summed E-state index contributed by atoms with van der Waals surface area (Å²) >= 11 is 0. The first-order valence-electron chi connectivity index (χ1n) is 8.38. The fourth-order valence-corrected chi connectivity index (χ4v) is 3.74. The lowest BCUT2D eigenvalue weighted by molar-refractivity contribution is -0.0318. The smallest absolute Gasteiger partial charge is 0.0805 e. The zero-order valence-electron chi connectivity index (χ0n) is 12.8. The van der Waals surface area contributed by atoms with E-state index in [4.69, 9.17) is 4.74 Å². The third-order valence-electron chi connectivity index (χ3n) is 5.00. The van der Waals surface area contributed by atoms with Crippen molar-refractivity contribution >= 4 is 0 Å². The van der Waals surface area contributed by atoms with E-state index in [1.807, 2.05) is 30.3 Å². The number of aliphatic hydroxyl groups excluding tert-OH is 1. The van der Waals surface area contributed by atoms with Crippen LogP contribution in [-0.2, 0) is 4.74 Å². The lowest BCUT2D eigenvalue weighted by Crippen LogP contribution is -2.47. The van der Waals surface area contributed by atoms with Gasteiger partial charge in [0.1, 0.15) is 0 Å². The predicted octanol–water partition coefficient (Wildman–Crippen LogP) is 3.00. The normalized spacial score (nSPS) is 26.0. The van der Waals surface area contributed by atoms with Crippen LogP contribution >= 0.6 is 0 Å². The number of hydrogen-bond acceptors (Lipinski definition) is 3. The standard InChI is InChI=1S/C18H27NO2/c20-18(16-8-2-1-3-9-16)12-17-14-21-11-10-19(17)13-15-6-4-5-7-15/h1-3,8-9,15,17-18,20H,4-7,10-14H2. The van der Waals surface area contributed by atoms with Gasteiger partial charge in [0.2, 0.25) is 0 Å². The minimum absolute atomic E-state index is 0.356. The lowest BCUT2D eigenvalue weighted by Gasteiger charge is -2.38. The lowest BCUT2D eigenvalue weighted by atomic mass is 9.99. The van der Waals surface area contributed by atoms with Crippen molar-refractivity contribution in [2.24, 2.45) is 5.92 Å². The molecule has 1 saturated heterocycles. The van der Waals surface area contributed by atoms with Gasteiger partial charge in [-0.05, 0) is 30.7 Å². The van der Waals surface area contributed by atoms with Gasteiger partial charge in [0.05, 0.1) is 19.3 Å². The number of hydrogen-bond donors (Lipinski definition) is 1. The molecule has 2 fully saturated rings. The van der Waals surface area contributed by atoms with Crippen molar-refractivity contribution in [2.45, 2.75) is 44.2 Å². The summed E-state index contributed by atoms with van der Waals surface area (Å²) in [6.45, 7) is 3.81. The van der Waals surface area contributed by atoms with Crippen LogP contribution in [0.1, 0.15) is 43.8 Å². The second-order valence-electron chi connectivity index (χ2n) is 6.54. The van der Waals surface area contributed by atoms with Crippen molar-refractivity contribution in [2.75, 3.05) is 26.3 Å². The van der Waals surface area contributed by atoms with E-state index in [9.17, 15) is 5.11 Å². The molecule has 1 heterocycles. The average molecular weight is 289 g/mol. The van der Waals surface area contributed by atoms with E-state index in [0.29, 0.717) is 6.04 Å². The van der Waals surface area contributed by atoms with Crippen molar-refractivity contribution in [3.63, 3.8) is 0 Å².